The van der Waals surface area contributed by atoms with Gasteiger partial charge in [-0.1, -0.05) is 35.9 Å². The van der Waals surface area contributed by atoms with E-state index in [9.17, 15) is 4.39 Å². The number of methoxy groups -OCH3 is 1. The Morgan fingerprint density at radius 2 is 1.94 bits per heavy atom. The molecule has 0 radical (unpaired) electrons. The SMILES string of the molecule is COc1cc(C=Nn2c(-c3cccc(Cl)c3)n[nH]c2=S)ccc1OCc1ccc(F)cc1. The third-order valence-electron chi connectivity index (χ3n) is 4.55. The number of aromatic amines is 1. The fourth-order valence-corrected chi connectivity index (χ4v) is 3.33. The van der Waals surface area contributed by atoms with Crippen LogP contribution in [0.4, 0.5) is 4.39 Å². The lowest BCUT2D eigenvalue weighted by atomic mass is 10.2. The standard InChI is InChI=1S/C23H18ClFN4O2S/c1-30-21-11-16(7-10-20(21)31-14-15-5-8-19(25)9-6-15)13-26-29-22(27-28-23(29)32)17-3-2-4-18(24)12-17/h2-13H,14H2,1H3,(H,28,32). The van der Waals surface area contributed by atoms with Crippen LogP contribution < -0.4 is 9.47 Å². The Morgan fingerprint density at radius 3 is 2.69 bits per heavy atom. The summed E-state index contributed by atoms with van der Waals surface area (Å²) in [6.07, 6.45) is 1.64. The maximum Gasteiger partial charge on any atom is 0.216 e. The maximum absolute atomic E-state index is 13.1. The molecule has 0 bridgehead atoms. The summed E-state index contributed by atoms with van der Waals surface area (Å²) in [5, 5.41) is 12.1. The van der Waals surface area contributed by atoms with Crippen LogP contribution in [0.1, 0.15) is 11.1 Å². The second-order valence-corrected chi connectivity index (χ2v) is 7.57. The van der Waals surface area contributed by atoms with E-state index in [4.69, 9.17) is 33.3 Å². The minimum atomic E-state index is -0.286. The molecule has 0 unspecified atom stereocenters. The van der Waals surface area contributed by atoms with Crippen molar-refractivity contribution in [2.45, 2.75) is 6.61 Å². The highest BCUT2D eigenvalue weighted by atomic mass is 35.5. The third kappa shape index (κ3) is 5.04. The first-order valence-electron chi connectivity index (χ1n) is 9.56. The summed E-state index contributed by atoms with van der Waals surface area (Å²) in [6.45, 7) is 0.289. The lowest BCUT2D eigenvalue weighted by Crippen LogP contribution is -1.99. The van der Waals surface area contributed by atoms with Crippen molar-refractivity contribution in [3.05, 3.63) is 93.5 Å². The largest absolute Gasteiger partial charge is 0.493 e. The van der Waals surface area contributed by atoms with E-state index in [1.54, 1.807) is 49.7 Å². The topological polar surface area (TPSA) is 64.4 Å². The predicted molar refractivity (Wildman–Crippen MR) is 125 cm³/mol. The monoisotopic (exact) mass is 468 g/mol. The number of halogens is 2. The van der Waals surface area contributed by atoms with Gasteiger partial charge in [0, 0.05) is 10.6 Å². The van der Waals surface area contributed by atoms with Crippen LogP contribution in [-0.4, -0.2) is 28.2 Å². The normalized spacial score (nSPS) is 11.1. The van der Waals surface area contributed by atoms with Crippen molar-refractivity contribution >= 4 is 30.0 Å². The molecule has 1 heterocycles. The number of ether oxygens (including phenoxy) is 2. The molecule has 1 N–H and O–H groups in total. The number of hydrogen-bond acceptors (Lipinski definition) is 5. The van der Waals surface area contributed by atoms with Crippen LogP contribution in [0.3, 0.4) is 0 Å². The summed E-state index contributed by atoms with van der Waals surface area (Å²) in [5.41, 5.74) is 2.40. The predicted octanol–water partition coefficient (Wildman–Crippen LogP) is 5.87. The third-order valence-corrected chi connectivity index (χ3v) is 5.05. The van der Waals surface area contributed by atoms with E-state index < -0.39 is 0 Å². The molecule has 0 aliphatic rings. The Morgan fingerprint density at radius 1 is 1.12 bits per heavy atom. The van der Waals surface area contributed by atoms with Gasteiger partial charge < -0.3 is 9.47 Å². The van der Waals surface area contributed by atoms with Crippen molar-refractivity contribution in [3.8, 4) is 22.9 Å². The molecule has 162 valence electrons. The van der Waals surface area contributed by atoms with Gasteiger partial charge in [-0.3, -0.25) is 0 Å². The van der Waals surface area contributed by atoms with E-state index >= 15 is 0 Å². The van der Waals surface area contributed by atoms with Gasteiger partial charge in [-0.05, 0) is 65.8 Å². The highest BCUT2D eigenvalue weighted by molar-refractivity contribution is 7.71. The minimum absolute atomic E-state index is 0.286. The van der Waals surface area contributed by atoms with Gasteiger partial charge in [0.05, 0.1) is 13.3 Å². The molecule has 0 atom stereocenters. The summed E-state index contributed by atoms with van der Waals surface area (Å²) < 4.78 is 26.2. The van der Waals surface area contributed by atoms with Gasteiger partial charge in [-0.15, -0.1) is 0 Å². The van der Waals surface area contributed by atoms with Gasteiger partial charge in [0.2, 0.25) is 4.77 Å². The molecule has 0 saturated heterocycles. The number of rotatable bonds is 7. The number of nitrogens with zero attached hydrogens (tertiary/aromatic N) is 3. The second-order valence-electron chi connectivity index (χ2n) is 6.74. The highest BCUT2D eigenvalue weighted by Gasteiger charge is 2.09. The lowest BCUT2D eigenvalue weighted by molar-refractivity contribution is 0.284. The molecule has 9 heteroatoms. The summed E-state index contributed by atoms with van der Waals surface area (Å²) in [5.74, 6) is 1.36. The summed E-state index contributed by atoms with van der Waals surface area (Å²) in [6, 6.07) is 18.8. The number of nitrogens with one attached hydrogen (secondary N) is 1. The van der Waals surface area contributed by atoms with Crippen molar-refractivity contribution in [3.63, 3.8) is 0 Å². The lowest BCUT2D eigenvalue weighted by Gasteiger charge is -2.11. The van der Waals surface area contributed by atoms with Crippen molar-refractivity contribution < 1.29 is 13.9 Å². The van der Waals surface area contributed by atoms with Gasteiger partial charge in [0.1, 0.15) is 12.4 Å². The van der Waals surface area contributed by atoms with Gasteiger partial charge >= 0.3 is 0 Å². The van der Waals surface area contributed by atoms with Crippen molar-refractivity contribution in [2.24, 2.45) is 5.10 Å². The Balaban J connectivity index is 1.54. The fraction of sp³-hybridized carbons (Fsp3) is 0.0870. The Kier molecular flexibility index (Phi) is 6.63. The molecule has 0 spiro atoms. The van der Waals surface area contributed by atoms with E-state index in [0.29, 0.717) is 27.1 Å². The molecule has 0 aliphatic carbocycles. The first-order valence-corrected chi connectivity index (χ1v) is 10.3. The van der Waals surface area contributed by atoms with Crippen LogP contribution in [0.2, 0.25) is 5.02 Å². The van der Waals surface area contributed by atoms with E-state index in [-0.39, 0.29) is 12.4 Å². The zero-order chi connectivity index (χ0) is 22.5. The van der Waals surface area contributed by atoms with Crippen LogP contribution in [-0.2, 0) is 6.61 Å². The second kappa shape index (κ2) is 9.76. The molecule has 0 aliphatic heterocycles. The molecule has 0 amide bonds. The molecule has 6 nitrogen and oxygen atoms in total. The quantitative estimate of drug-likeness (QED) is 0.272. The van der Waals surface area contributed by atoms with Crippen LogP contribution in [0, 0.1) is 10.6 Å². The molecular formula is C23H18ClFN4O2S. The summed E-state index contributed by atoms with van der Waals surface area (Å²) in [4.78, 5) is 0. The number of benzene rings is 3. The smallest absolute Gasteiger partial charge is 0.216 e. The van der Waals surface area contributed by atoms with E-state index in [1.165, 1.54) is 16.8 Å². The van der Waals surface area contributed by atoms with Gasteiger partial charge in [-0.25, -0.2) is 9.49 Å². The van der Waals surface area contributed by atoms with Gasteiger partial charge in [-0.2, -0.15) is 14.9 Å². The molecule has 1 aromatic heterocycles. The molecular weight excluding hydrogens is 451 g/mol. The van der Waals surface area contributed by atoms with Crippen LogP contribution in [0.5, 0.6) is 11.5 Å². The summed E-state index contributed by atoms with van der Waals surface area (Å²) in [7, 11) is 1.56. The van der Waals surface area contributed by atoms with Crippen LogP contribution in [0.25, 0.3) is 11.4 Å². The average Bonchev–Trinajstić information content (AvgIpc) is 3.17. The molecule has 4 aromatic rings. The van der Waals surface area contributed by atoms with Crippen LogP contribution >= 0.6 is 23.8 Å². The number of H-pyrrole nitrogens is 1. The first kappa shape index (κ1) is 21.7. The highest BCUT2D eigenvalue weighted by Crippen LogP contribution is 2.28. The fourth-order valence-electron chi connectivity index (χ4n) is 2.96. The average molecular weight is 469 g/mol. The van der Waals surface area contributed by atoms with Crippen molar-refractivity contribution in [2.75, 3.05) is 7.11 Å². The molecule has 0 saturated carbocycles. The molecule has 32 heavy (non-hydrogen) atoms. The zero-order valence-electron chi connectivity index (χ0n) is 17.0. The Labute approximate surface area is 193 Å². The van der Waals surface area contributed by atoms with Crippen molar-refractivity contribution in [1.29, 1.82) is 0 Å². The number of aromatic nitrogens is 3. The number of hydrogen-bond donors (Lipinski definition) is 1. The summed E-state index contributed by atoms with van der Waals surface area (Å²) >= 11 is 11.4. The minimum Gasteiger partial charge on any atom is -0.493 e. The Hall–Kier alpha value is -3.49. The van der Waals surface area contributed by atoms with E-state index in [1.807, 2.05) is 18.2 Å². The molecule has 0 fully saturated rings. The van der Waals surface area contributed by atoms with E-state index in [0.717, 1.165) is 16.7 Å². The van der Waals surface area contributed by atoms with Crippen molar-refractivity contribution in [1.82, 2.24) is 14.9 Å². The van der Waals surface area contributed by atoms with E-state index in [2.05, 4.69) is 15.3 Å². The zero-order valence-corrected chi connectivity index (χ0v) is 18.5. The van der Waals surface area contributed by atoms with Gasteiger partial charge in [0.15, 0.2) is 17.3 Å². The first-order chi connectivity index (χ1) is 15.5. The Bertz CT molecular complexity index is 1320. The molecule has 3 aromatic carbocycles. The maximum atomic E-state index is 13.1. The van der Waals surface area contributed by atoms with Crippen LogP contribution in [0.15, 0.2) is 71.8 Å². The molecule has 4 rings (SSSR count). The van der Waals surface area contributed by atoms with Gasteiger partial charge in [0.25, 0.3) is 0 Å².